The van der Waals surface area contributed by atoms with Crippen LogP contribution in [0.4, 0.5) is 10.6 Å². The van der Waals surface area contributed by atoms with Gasteiger partial charge in [-0.2, -0.15) is 0 Å². The largest absolute Gasteiger partial charge is 0.490 e. The summed E-state index contributed by atoms with van der Waals surface area (Å²) in [5, 5.41) is 30.2. The van der Waals surface area contributed by atoms with Crippen LogP contribution in [0.25, 0.3) is 11.2 Å². The average molecular weight is 569 g/mol. The monoisotopic (exact) mass is 569 g/mol. The van der Waals surface area contributed by atoms with Crippen LogP contribution in [-0.4, -0.2) is 67.4 Å². The Hall–Kier alpha value is -4.15. The molecular weight excluding hydrogens is 540 g/mol. The van der Waals surface area contributed by atoms with Gasteiger partial charge in [0.05, 0.1) is 19.0 Å². The third-order valence-corrected chi connectivity index (χ3v) is 8.57. The van der Waals surface area contributed by atoms with Crippen LogP contribution in [0.15, 0.2) is 104 Å². The number of fused-ring (bicyclic) bond motifs is 1. The second-order valence-electron chi connectivity index (χ2n) is 8.88. The van der Waals surface area contributed by atoms with Crippen molar-refractivity contribution in [1.82, 2.24) is 19.5 Å². The number of aliphatic hydroxyl groups is 2. The summed E-state index contributed by atoms with van der Waals surface area (Å²) >= 11 is 0. The first-order valence-corrected chi connectivity index (χ1v) is 14.0. The number of ether oxygens (including phenoxy) is 1. The molecule has 5 N–H and O–H groups in total. The SMILES string of the molecule is Nc1ncnc2c1ncn2[C@H]1C[C@H](O)[C@@H](CO)O1.[B]C(=O)O.c1ccc(P(c2ccccc2)c2ccccc2)cc1. The summed E-state index contributed by atoms with van der Waals surface area (Å²) in [4.78, 5) is 20.9. The number of carbonyl (C=O) groups is 1. The predicted octanol–water partition coefficient (Wildman–Crippen LogP) is 2.33. The molecule has 41 heavy (non-hydrogen) atoms. The minimum atomic E-state index is -1.33. The number of imidazole rings is 1. The Labute approximate surface area is 239 Å². The Bertz CT molecular complexity index is 1430. The molecule has 0 amide bonds. The van der Waals surface area contributed by atoms with Gasteiger partial charge in [-0.15, -0.1) is 0 Å². The molecule has 0 bridgehead atoms. The van der Waals surface area contributed by atoms with Crippen LogP contribution in [0.5, 0.6) is 0 Å². The molecule has 3 aromatic carbocycles. The maximum Gasteiger partial charge on any atom is 0.233 e. The number of hydrogen-bond donors (Lipinski definition) is 4. The third-order valence-electron chi connectivity index (χ3n) is 6.12. The summed E-state index contributed by atoms with van der Waals surface area (Å²) in [5.74, 6) is -1.03. The summed E-state index contributed by atoms with van der Waals surface area (Å²) in [6.45, 7) is -0.221. The molecule has 0 saturated carbocycles. The molecule has 1 saturated heterocycles. The second-order valence-corrected chi connectivity index (χ2v) is 11.1. The lowest BCUT2D eigenvalue weighted by Crippen LogP contribution is -2.24. The number of nitrogens with two attached hydrogens (primary N) is 1. The maximum atomic E-state index is 9.71. The van der Waals surface area contributed by atoms with Gasteiger partial charge in [-0.25, -0.2) is 15.0 Å². The Morgan fingerprint density at radius 1 is 0.927 bits per heavy atom. The summed E-state index contributed by atoms with van der Waals surface area (Å²) in [6.07, 6.45) is 1.60. The molecule has 5 aromatic rings. The van der Waals surface area contributed by atoms with Gasteiger partial charge in [0.15, 0.2) is 11.5 Å². The van der Waals surface area contributed by atoms with Crippen LogP contribution in [0, 0.1) is 0 Å². The highest BCUT2D eigenvalue weighted by Gasteiger charge is 2.35. The first kappa shape index (κ1) is 29.8. The zero-order chi connectivity index (χ0) is 29.2. The van der Waals surface area contributed by atoms with E-state index in [0.717, 1.165) is 0 Å². The molecule has 2 radical (unpaired) electrons. The minimum absolute atomic E-state index is 0.221. The van der Waals surface area contributed by atoms with Crippen molar-refractivity contribution >= 4 is 54.5 Å². The van der Waals surface area contributed by atoms with Gasteiger partial charge in [0.25, 0.3) is 0 Å². The standard InChI is InChI=1S/C18H15P.C10H13N5O3.CHBO2/c1-4-10-16(11-5-1)19(17-12-6-2-7-13-17)18-14-8-3-9-15-18;11-9-8-10(13-3-12-9)15(4-14-8)7-1-5(17)6(2-16)18-7;2-1(3)4/h1-15H;3-7,16-17H,1-2H2,(H2,11,12,13);(H,3,4)/t;5-,6+,7+;/m.0./s1. The lowest BCUT2D eigenvalue weighted by Gasteiger charge is -2.18. The molecule has 3 heterocycles. The van der Waals surface area contributed by atoms with E-state index in [1.807, 2.05) is 0 Å². The lowest BCUT2D eigenvalue weighted by atomic mass is 10.2. The van der Waals surface area contributed by atoms with Gasteiger partial charge in [0, 0.05) is 6.42 Å². The fourth-order valence-electron chi connectivity index (χ4n) is 4.31. The van der Waals surface area contributed by atoms with Crippen LogP contribution >= 0.6 is 7.92 Å². The summed E-state index contributed by atoms with van der Waals surface area (Å²) < 4.78 is 7.22. The van der Waals surface area contributed by atoms with Crippen molar-refractivity contribution in [1.29, 1.82) is 0 Å². The van der Waals surface area contributed by atoms with Crippen LogP contribution in [-0.2, 0) is 4.74 Å². The Morgan fingerprint density at radius 3 is 1.85 bits per heavy atom. The first-order chi connectivity index (χ1) is 19.9. The molecule has 0 unspecified atom stereocenters. The van der Waals surface area contributed by atoms with Gasteiger partial charge in [-0.1, -0.05) is 91.0 Å². The van der Waals surface area contributed by atoms with E-state index in [2.05, 4.69) is 114 Å². The highest BCUT2D eigenvalue weighted by Crippen LogP contribution is 2.32. The highest BCUT2D eigenvalue weighted by molar-refractivity contribution is 7.79. The smallest absolute Gasteiger partial charge is 0.233 e. The Kier molecular flexibility index (Phi) is 10.5. The number of benzene rings is 3. The molecule has 208 valence electrons. The van der Waals surface area contributed by atoms with Crippen molar-refractivity contribution in [3.05, 3.63) is 104 Å². The van der Waals surface area contributed by atoms with E-state index in [1.54, 1.807) is 10.9 Å². The number of hydrogen-bond acceptors (Lipinski definition) is 8. The molecule has 6 rings (SSSR count). The van der Waals surface area contributed by atoms with E-state index in [0.29, 0.717) is 23.4 Å². The molecule has 1 aliphatic rings. The van der Waals surface area contributed by atoms with Gasteiger partial charge < -0.3 is 25.8 Å². The quantitative estimate of drug-likeness (QED) is 0.184. The van der Waals surface area contributed by atoms with Gasteiger partial charge in [-0.05, 0) is 23.8 Å². The molecule has 1 fully saturated rings. The van der Waals surface area contributed by atoms with E-state index >= 15 is 0 Å². The zero-order valence-corrected chi connectivity index (χ0v) is 22.9. The van der Waals surface area contributed by atoms with Gasteiger partial charge in [0.1, 0.15) is 24.2 Å². The maximum absolute atomic E-state index is 9.71. The molecule has 2 aromatic heterocycles. The number of nitrogens with zero attached hydrogens (tertiary/aromatic N) is 4. The number of aliphatic hydroxyl groups excluding tert-OH is 2. The lowest BCUT2D eigenvalue weighted by molar-refractivity contribution is -0.0432. The van der Waals surface area contributed by atoms with E-state index in [1.165, 1.54) is 22.2 Å². The first-order valence-electron chi connectivity index (χ1n) is 12.7. The second kappa shape index (κ2) is 14.5. The van der Waals surface area contributed by atoms with Crippen molar-refractivity contribution in [2.75, 3.05) is 12.3 Å². The van der Waals surface area contributed by atoms with Crippen molar-refractivity contribution in [2.45, 2.75) is 24.9 Å². The fourth-order valence-corrected chi connectivity index (χ4v) is 6.61. The zero-order valence-electron chi connectivity index (χ0n) is 22.0. The van der Waals surface area contributed by atoms with Crippen LogP contribution in [0.3, 0.4) is 0 Å². The van der Waals surface area contributed by atoms with Crippen LogP contribution < -0.4 is 21.6 Å². The van der Waals surface area contributed by atoms with Gasteiger partial charge in [-0.3, -0.25) is 9.36 Å². The number of carboxylic acid groups (broad SMARTS) is 1. The third kappa shape index (κ3) is 7.74. The Balaban J connectivity index is 0.000000168. The fraction of sp³-hybridized carbons (Fsp3) is 0.172. The highest BCUT2D eigenvalue weighted by atomic mass is 31.1. The van der Waals surface area contributed by atoms with Gasteiger partial charge >= 0.3 is 0 Å². The number of anilines is 1. The van der Waals surface area contributed by atoms with Crippen molar-refractivity contribution in [3.63, 3.8) is 0 Å². The van der Waals surface area contributed by atoms with Crippen molar-refractivity contribution in [3.8, 4) is 0 Å². The topological polar surface area (TPSA) is 157 Å². The van der Waals surface area contributed by atoms with E-state index in [9.17, 15) is 5.11 Å². The van der Waals surface area contributed by atoms with E-state index in [-0.39, 0.29) is 6.61 Å². The van der Waals surface area contributed by atoms with E-state index in [4.69, 9.17) is 25.5 Å². The summed E-state index contributed by atoms with van der Waals surface area (Å²) in [6, 6.07) is 32.3. The average Bonchev–Trinajstić information content (AvgIpc) is 3.59. The number of nitrogen functional groups attached to an aromatic ring is 1. The van der Waals surface area contributed by atoms with E-state index < -0.39 is 32.2 Å². The van der Waals surface area contributed by atoms with Crippen LogP contribution in [0.1, 0.15) is 12.6 Å². The Morgan fingerprint density at radius 2 is 1.41 bits per heavy atom. The minimum Gasteiger partial charge on any atom is -0.490 e. The molecule has 3 atom stereocenters. The van der Waals surface area contributed by atoms with Crippen molar-refractivity contribution < 1.29 is 24.9 Å². The molecule has 1 aliphatic heterocycles. The van der Waals surface area contributed by atoms with Crippen molar-refractivity contribution in [2.24, 2.45) is 0 Å². The summed E-state index contributed by atoms with van der Waals surface area (Å²) in [7, 11) is 3.58. The number of rotatable bonds is 5. The predicted molar refractivity (Wildman–Crippen MR) is 160 cm³/mol. The molecular formula is C29H29BN5O5P. The van der Waals surface area contributed by atoms with Crippen LogP contribution in [0.2, 0.25) is 0 Å². The molecule has 0 aliphatic carbocycles. The van der Waals surface area contributed by atoms with Gasteiger partial charge in [0.2, 0.25) is 13.7 Å². The number of aromatic nitrogens is 4. The normalized spacial score (nSPS) is 17.8. The molecule has 10 nitrogen and oxygen atoms in total. The molecule has 12 heteroatoms. The summed E-state index contributed by atoms with van der Waals surface area (Å²) in [5.41, 5.74) is 6.75. The molecule has 0 spiro atoms.